The first-order valence-electron chi connectivity index (χ1n) is 5.44. The number of carbonyl (C=O) groups is 2. The van der Waals surface area contributed by atoms with Crippen LogP contribution in [0.25, 0.3) is 0 Å². The van der Waals surface area contributed by atoms with E-state index in [2.05, 4.69) is 4.74 Å². The summed E-state index contributed by atoms with van der Waals surface area (Å²) in [6.07, 6.45) is 0. The summed E-state index contributed by atoms with van der Waals surface area (Å²) < 4.78 is 42.6. The van der Waals surface area contributed by atoms with Gasteiger partial charge >= 0.3 is 11.9 Å². The van der Waals surface area contributed by atoms with E-state index >= 15 is 0 Å². The molecule has 0 aliphatic heterocycles. The van der Waals surface area contributed by atoms with E-state index in [4.69, 9.17) is 5.11 Å². The predicted molar refractivity (Wildman–Crippen MR) is 67.4 cm³/mol. The summed E-state index contributed by atoms with van der Waals surface area (Å²) in [4.78, 5) is 22.0. The molecular weight excluding hydrogens is 293 g/mol. The summed E-state index contributed by atoms with van der Waals surface area (Å²) in [6.45, 7) is 1.53. The van der Waals surface area contributed by atoms with Gasteiger partial charge in [0.05, 0.1) is 17.9 Å². The van der Waals surface area contributed by atoms with Gasteiger partial charge in [-0.1, -0.05) is 0 Å². The van der Waals surface area contributed by atoms with Gasteiger partial charge < -0.3 is 9.84 Å². The second-order valence-corrected chi connectivity index (χ2v) is 5.38. The molecule has 0 bridgehead atoms. The van der Waals surface area contributed by atoms with Crippen LogP contribution in [0.3, 0.4) is 0 Å². The van der Waals surface area contributed by atoms with Crippen molar-refractivity contribution in [3.05, 3.63) is 29.6 Å². The number of esters is 1. The van der Waals surface area contributed by atoms with Crippen LogP contribution in [-0.2, 0) is 19.6 Å². The third-order valence-corrected chi connectivity index (χ3v) is 3.24. The average Bonchev–Trinajstić information content (AvgIpc) is 2.30. The van der Waals surface area contributed by atoms with Crippen molar-refractivity contribution in [1.29, 1.82) is 0 Å². The van der Waals surface area contributed by atoms with E-state index in [9.17, 15) is 22.4 Å². The minimum atomic E-state index is -4.14. The van der Waals surface area contributed by atoms with E-state index < -0.39 is 39.1 Å². The van der Waals surface area contributed by atoms with Gasteiger partial charge in [-0.05, 0) is 25.1 Å². The van der Waals surface area contributed by atoms with Crippen molar-refractivity contribution in [1.82, 2.24) is 0 Å². The highest BCUT2D eigenvalue weighted by Crippen LogP contribution is 2.18. The van der Waals surface area contributed by atoms with E-state index in [0.717, 1.165) is 12.1 Å². The lowest BCUT2D eigenvalue weighted by Crippen LogP contribution is -2.25. The second kappa shape index (κ2) is 6.33. The van der Waals surface area contributed by atoms with Gasteiger partial charge in [0, 0.05) is 0 Å². The van der Waals surface area contributed by atoms with Crippen LogP contribution >= 0.6 is 0 Å². The first-order chi connectivity index (χ1) is 9.25. The Morgan fingerprint density at radius 2 is 2.05 bits per heavy atom. The molecule has 0 atom stereocenters. The Morgan fingerprint density at radius 1 is 1.40 bits per heavy atom. The summed E-state index contributed by atoms with van der Waals surface area (Å²) in [5.74, 6) is -4.26. The fourth-order valence-corrected chi connectivity index (χ4v) is 2.32. The van der Waals surface area contributed by atoms with Crippen molar-refractivity contribution < 1.29 is 32.2 Å². The molecule has 0 unspecified atom stereocenters. The molecule has 1 aromatic rings. The lowest BCUT2D eigenvalue weighted by Gasteiger charge is -2.10. The Labute approximate surface area is 114 Å². The number of benzene rings is 1. The van der Waals surface area contributed by atoms with Gasteiger partial charge in [-0.15, -0.1) is 0 Å². The molecule has 0 aromatic heterocycles. The van der Waals surface area contributed by atoms with E-state index in [-0.39, 0.29) is 12.3 Å². The van der Waals surface area contributed by atoms with Crippen molar-refractivity contribution in [3.8, 4) is 0 Å². The summed E-state index contributed by atoms with van der Waals surface area (Å²) in [5, 5.41) is 8.86. The van der Waals surface area contributed by atoms with Crippen molar-refractivity contribution in [2.45, 2.75) is 6.92 Å². The lowest BCUT2D eigenvalue weighted by atomic mass is 10.2. The number of anilines is 1. The van der Waals surface area contributed by atoms with Gasteiger partial charge in [0.15, 0.2) is 5.75 Å². The predicted octanol–water partition coefficient (Wildman–Crippen LogP) is 0.829. The van der Waals surface area contributed by atoms with Crippen LogP contribution in [0, 0.1) is 5.82 Å². The van der Waals surface area contributed by atoms with Gasteiger partial charge in [0.25, 0.3) is 0 Å². The van der Waals surface area contributed by atoms with Crippen LogP contribution in [-0.4, -0.2) is 37.8 Å². The number of carboxylic acids is 1. The number of carbonyl (C=O) groups excluding carboxylic acids is 1. The maximum Gasteiger partial charge on any atom is 0.337 e. The molecule has 0 spiro atoms. The Balaban J connectivity index is 2.98. The molecule has 110 valence electrons. The summed E-state index contributed by atoms with van der Waals surface area (Å²) in [6, 6.07) is 2.53. The zero-order valence-electron chi connectivity index (χ0n) is 10.4. The highest BCUT2D eigenvalue weighted by molar-refractivity contribution is 7.93. The van der Waals surface area contributed by atoms with Gasteiger partial charge in [0.2, 0.25) is 10.0 Å². The van der Waals surface area contributed by atoms with Gasteiger partial charge in [0.1, 0.15) is 5.82 Å². The normalized spacial score (nSPS) is 10.9. The number of rotatable bonds is 6. The van der Waals surface area contributed by atoms with E-state index in [1.54, 1.807) is 0 Å². The van der Waals surface area contributed by atoms with Crippen LogP contribution in [0.1, 0.15) is 17.3 Å². The molecule has 2 N–H and O–H groups in total. The third kappa shape index (κ3) is 4.50. The molecule has 7 nitrogen and oxygen atoms in total. The smallest absolute Gasteiger partial charge is 0.337 e. The molecule has 0 amide bonds. The molecule has 0 aliphatic carbocycles. The highest BCUT2D eigenvalue weighted by atomic mass is 32.2. The maximum atomic E-state index is 12.9. The number of nitrogens with one attached hydrogen (secondary N) is 1. The number of sulfonamides is 1. The van der Waals surface area contributed by atoms with Gasteiger partial charge in [-0.2, -0.15) is 0 Å². The fraction of sp³-hybridized carbons (Fsp3) is 0.273. The van der Waals surface area contributed by atoms with E-state index in [1.165, 1.54) is 6.92 Å². The zero-order valence-corrected chi connectivity index (χ0v) is 11.2. The van der Waals surface area contributed by atoms with Crippen LogP contribution < -0.4 is 4.72 Å². The molecule has 0 fully saturated rings. The molecule has 0 saturated carbocycles. The number of hydrogen-bond donors (Lipinski definition) is 2. The Kier molecular flexibility index (Phi) is 5.03. The third-order valence-electron chi connectivity index (χ3n) is 2.09. The van der Waals surface area contributed by atoms with Gasteiger partial charge in [-0.25, -0.2) is 17.6 Å². The number of aromatic carboxylic acids is 1. The zero-order chi connectivity index (χ0) is 15.3. The summed E-state index contributed by atoms with van der Waals surface area (Å²) in [7, 11) is -4.14. The van der Waals surface area contributed by atoms with Crippen LogP contribution in [0.2, 0.25) is 0 Å². The summed E-state index contributed by atoms with van der Waals surface area (Å²) in [5.41, 5.74) is -0.888. The first-order valence-corrected chi connectivity index (χ1v) is 7.09. The van der Waals surface area contributed by atoms with Crippen molar-refractivity contribution in [3.63, 3.8) is 0 Å². The molecule has 0 heterocycles. The Hall–Kier alpha value is -2.16. The average molecular weight is 305 g/mol. The number of ether oxygens (including phenoxy) is 1. The molecule has 1 rings (SSSR count). The minimum Gasteiger partial charge on any atom is -0.478 e. The van der Waals surface area contributed by atoms with E-state index in [0.29, 0.717) is 6.07 Å². The van der Waals surface area contributed by atoms with Gasteiger partial charge in [-0.3, -0.25) is 9.52 Å². The minimum absolute atomic E-state index is 0.0191. The van der Waals surface area contributed by atoms with Crippen LogP contribution in [0.15, 0.2) is 18.2 Å². The molecule has 1 aromatic carbocycles. The first kappa shape index (κ1) is 15.9. The maximum absolute atomic E-state index is 12.9. The molecule has 9 heteroatoms. The SMILES string of the molecule is CCOC(=O)CS(=O)(=O)Nc1ccc(F)cc1C(=O)O. The largest absolute Gasteiger partial charge is 0.478 e. The van der Waals surface area contributed by atoms with E-state index in [1.807, 2.05) is 4.72 Å². The lowest BCUT2D eigenvalue weighted by molar-refractivity contribution is -0.139. The molecule has 0 saturated heterocycles. The number of halogens is 1. The summed E-state index contributed by atoms with van der Waals surface area (Å²) >= 11 is 0. The molecular formula is C11H12FNO6S. The van der Waals surface area contributed by atoms with Crippen LogP contribution in [0.4, 0.5) is 10.1 Å². The van der Waals surface area contributed by atoms with Crippen LogP contribution in [0.5, 0.6) is 0 Å². The molecule has 0 radical (unpaired) electrons. The fourth-order valence-electron chi connectivity index (χ4n) is 1.34. The quantitative estimate of drug-likeness (QED) is 0.753. The van der Waals surface area contributed by atoms with Crippen molar-refractivity contribution in [2.75, 3.05) is 17.1 Å². The standard InChI is InChI=1S/C11H12FNO6S/c1-2-19-10(14)6-20(17,18)13-9-4-3-7(12)5-8(9)11(15)16/h3-5,13H,2,6H2,1H3,(H,15,16). The second-order valence-electron chi connectivity index (χ2n) is 3.66. The number of carboxylic acid groups (broad SMARTS) is 1. The Morgan fingerprint density at radius 3 is 2.60 bits per heavy atom. The Bertz CT molecular complexity index is 628. The monoisotopic (exact) mass is 305 g/mol. The highest BCUT2D eigenvalue weighted by Gasteiger charge is 2.20. The van der Waals surface area contributed by atoms with Crippen molar-refractivity contribution >= 4 is 27.6 Å². The molecule has 0 aliphatic rings. The molecule has 20 heavy (non-hydrogen) atoms. The van der Waals surface area contributed by atoms with Crippen molar-refractivity contribution in [2.24, 2.45) is 0 Å². The number of hydrogen-bond acceptors (Lipinski definition) is 5. The topological polar surface area (TPSA) is 110 Å².